The molecule has 0 saturated heterocycles. The zero-order valence-electron chi connectivity index (χ0n) is 8.82. The Bertz CT molecular complexity index is 217. The molecule has 80 valence electrons. The van der Waals surface area contributed by atoms with Crippen LogP contribution >= 0.6 is 0 Å². The number of nitro groups is 1. The van der Waals surface area contributed by atoms with Gasteiger partial charge in [0, 0.05) is 10.8 Å². The van der Waals surface area contributed by atoms with E-state index in [1.807, 2.05) is 0 Å². The average Bonchev–Trinajstić information content (AvgIpc) is 2.39. The van der Waals surface area contributed by atoms with Crippen LogP contribution < -0.4 is 0 Å². The largest absolute Gasteiger partial charge is 0.265 e. The lowest BCUT2D eigenvalue weighted by Gasteiger charge is -2.29. The summed E-state index contributed by atoms with van der Waals surface area (Å²) in [6.07, 6.45) is 6.30. The average molecular weight is 197 g/mol. The maximum atomic E-state index is 10.5. The van der Waals surface area contributed by atoms with Crippen LogP contribution in [0.5, 0.6) is 0 Å². The fourth-order valence-electron chi connectivity index (χ4n) is 3.32. The summed E-state index contributed by atoms with van der Waals surface area (Å²) in [6.45, 7) is 2.29. The Morgan fingerprint density at radius 1 is 1.36 bits per heavy atom. The predicted molar refractivity (Wildman–Crippen MR) is 54.6 cm³/mol. The summed E-state index contributed by atoms with van der Waals surface area (Å²) in [5.41, 5.74) is 0. The summed E-state index contributed by atoms with van der Waals surface area (Å²) in [7, 11) is 0. The summed E-state index contributed by atoms with van der Waals surface area (Å²) in [6, 6.07) is 0. The molecule has 0 aromatic heterocycles. The van der Waals surface area contributed by atoms with Gasteiger partial charge in [0.05, 0.1) is 0 Å². The first-order valence-corrected chi connectivity index (χ1v) is 5.82. The Labute approximate surface area is 85.0 Å². The van der Waals surface area contributed by atoms with Gasteiger partial charge in [0.25, 0.3) is 0 Å². The van der Waals surface area contributed by atoms with Crippen LogP contribution in [-0.4, -0.2) is 11.5 Å². The highest BCUT2D eigenvalue weighted by atomic mass is 16.6. The summed E-state index contributed by atoms with van der Waals surface area (Å²) in [5.74, 6) is 2.86. The second kappa shape index (κ2) is 3.87. The number of fused-ring (bicyclic) bond motifs is 1. The molecule has 0 amide bonds. The lowest BCUT2D eigenvalue weighted by molar-refractivity contribution is -0.490. The number of rotatable bonds is 4. The molecule has 0 aliphatic heterocycles. The van der Waals surface area contributed by atoms with Crippen molar-refractivity contribution < 1.29 is 4.92 Å². The van der Waals surface area contributed by atoms with Crippen molar-refractivity contribution in [1.29, 1.82) is 0 Å². The van der Waals surface area contributed by atoms with Crippen molar-refractivity contribution in [3.8, 4) is 0 Å². The molecule has 0 aromatic rings. The molecule has 3 nitrogen and oxygen atoms in total. The van der Waals surface area contributed by atoms with Gasteiger partial charge >= 0.3 is 0 Å². The Morgan fingerprint density at radius 2 is 1.93 bits per heavy atom. The van der Waals surface area contributed by atoms with E-state index in [1.165, 1.54) is 25.7 Å². The molecule has 3 unspecified atom stereocenters. The fourth-order valence-corrected chi connectivity index (χ4v) is 3.32. The highest BCUT2D eigenvalue weighted by molar-refractivity contribution is 4.92. The van der Waals surface area contributed by atoms with Crippen LogP contribution in [0.15, 0.2) is 0 Å². The van der Waals surface area contributed by atoms with Crippen molar-refractivity contribution in [1.82, 2.24) is 0 Å². The summed E-state index contributed by atoms with van der Waals surface area (Å²) < 4.78 is 0. The van der Waals surface area contributed by atoms with Gasteiger partial charge in [-0.1, -0.05) is 6.92 Å². The Balaban J connectivity index is 1.88. The minimum Gasteiger partial charge on any atom is -0.265 e. The highest BCUT2D eigenvalue weighted by Gasteiger charge is 2.43. The molecule has 3 atom stereocenters. The van der Waals surface area contributed by atoms with Gasteiger partial charge in [0.2, 0.25) is 6.54 Å². The molecule has 0 N–H and O–H groups in total. The molecule has 2 aliphatic rings. The van der Waals surface area contributed by atoms with E-state index in [-0.39, 0.29) is 11.5 Å². The van der Waals surface area contributed by atoms with Crippen LogP contribution in [0.3, 0.4) is 0 Å². The van der Waals surface area contributed by atoms with Gasteiger partial charge in [0.15, 0.2) is 0 Å². The van der Waals surface area contributed by atoms with Gasteiger partial charge in [-0.05, 0) is 49.9 Å². The van der Waals surface area contributed by atoms with Crippen LogP contribution in [0.25, 0.3) is 0 Å². The number of nitrogens with zero attached hydrogens (tertiary/aromatic N) is 1. The van der Waals surface area contributed by atoms with Crippen molar-refractivity contribution >= 4 is 0 Å². The van der Waals surface area contributed by atoms with Crippen LogP contribution in [0, 0.1) is 33.8 Å². The van der Waals surface area contributed by atoms with Crippen LogP contribution in [-0.2, 0) is 0 Å². The second-order valence-corrected chi connectivity index (χ2v) is 5.01. The molecule has 2 saturated carbocycles. The topological polar surface area (TPSA) is 43.1 Å². The van der Waals surface area contributed by atoms with Gasteiger partial charge in [-0.3, -0.25) is 10.1 Å². The Morgan fingerprint density at radius 3 is 2.29 bits per heavy atom. The van der Waals surface area contributed by atoms with Crippen LogP contribution in [0.2, 0.25) is 0 Å². The predicted octanol–water partition coefficient (Wildman–Crippen LogP) is 2.73. The lowest BCUT2D eigenvalue weighted by atomic mass is 9.77. The molecule has 14 heavy (non-hydrogen) atoms. The molecule has 0 aromatic carbocycles. The number of hydrogen-bond acceptors (Lipinski definition) is 2. The van der Waals surface area contributed by atoms with Gasteiger partial charge in [-0.2, -0.15) is 0 Å². The number of hydrogen-bond donors (Lipinski definition) is 0. The van der Waals surface area contributed by atoms with Crippen molar-refractivity contribution in [3.63, 3.8) is 0 Å². The third-order valence-corrected chi connectivity index (χ3v) is 4.36. The first kappa shape index (κ1) is 9.94. The van der Waals surface area contributed by atoms with E-state index in [4.69, 9.17) is 0 Å². The zero-order chi connectivity index (χ0) is 10.1. The Kier molecular flexibility index (Phi) is 2.75. The maximum Gasteiger partial charge on any atom is 0.206 e. The standard InChI is InChI=1S/C11H19NO2/c1-2-8(7-12(13)14)11-5-9-3-4-10(9)6-11/h8-11H,2-7H2,1H3. The van der Waals surface area contributed by atoms with Crippen LogP contribution in [0.4, 0.5) is 0 Å². The van der Waals surface area contributed by atoms with Crippen LogP contribution in [0.1, 0.15) is 39.0 Å². The van der Waals surface area contributed by atoms with E-state index in [9.17, 15) is 10.1 Å². The van der Waals surface area contributed by atoms with Crippen molar-refractivity contribution in [2.45, 2.75) is 39.0 Å². The van der Waals surface area contributed by atoms with Gasteiger partial charge in [-0.15, -0.1) is 0 Å². The van der Waals surface area contributed by atoms with E-state index >= 15 is 0 Å². The normalized spacial score (nSPS) is 37.4. The summed E-state index contributed by atoms with van der Waals surface area (Å²) in [4.78, 5) is 10.4. The van der Waals surface area contributed by atoms with E-state index in [1.54, 1.807) is 0 Å². The molecule has 2 aliphatic carbocycles. The second-order valence-electron chi connectivity index (χ2n) is 5.01. The van der Waals surface area contributed by atoms with E-state index in [2.05, 4.69) is 6.92 Å². The summed E-state index contributed by atoms with van der Waals surface area (Å²) in [5, 5.41) is 10.5. The first-order chi connectivity index (χ1) is 6.70. The Hall–Kier alpha value is -0.600. The highest BCUT2D eigenvalue weighted by Crippen LogP contribution is 2.51. The molecule has 0 bridgehead atoms. The van der Waals surface area contributed by atoms with Gasteiger partial charge in [0.1, 0.15) is 0 Å². The van der Waals surface area contributed by atoms with E-state index < -0.39 is 0 Å². The SMILES string of the molecule is CCC(C[N+](=O)[O-])C1CC2CCC2C1. The fraction of sp³-hybridized carbons (Fsp3) is 1.00. The monoisotopic (exact) mass is 197 g/mol. The molecule has 0 heterocycles. The van der Waals surface area contributed by atoms with Gasteiger partial charge < -0.3 is 0 Å². The van der Waals surface area contributed by atoms with Crippen molar-refractivity contribution in [2.75, 3.05) is 6.54 Å². The van der Waals surface area contributed by atoms with Gasteiger partial charge in [-0.25, -0.2) is 0 Å². The zero-order valence-corrected chi connectivity index (χ0v) is 8.82. The smallest absolute Gasteiger partial charge is 0.206 e. The molecule has 0 radical (unpaired) electrons. The third kappa shape index (κ3) is 1.77. The third-order valence-electron chi connectivity index (χ3n) is 4.36. The van der Waals surface area contributed by atoms with E-state index in [0.29, 0.717) is 11.8 Å². The molecule has 2 rings (SSSR count). The molecular formula is C11H19NO2. The molecule has 2 fully saturated rings. The summed E-state index contributed by atoms with van der Waals surface area (Å²) >= 11 is 0. The lowest BCUT2D eigenvalue weighted by Crippen LogP contribution is -2.20. The molecular weight excluding hydrogens is 178 g/mol. The molecule has 3 heteroatoms. The van der Waals surface area contributed by atoms with Crippen molar-refractivity contribution in [3.05, 3.63) is 10.1 Å². The maximum absolute atomic E-state index is 10.5. The van der Waals surface area contributed by atoms with Crippen molar-refractivity contribution in [2.24, 2.45) is 23.7 Å². The minimum absolute atomic E-state index is 0.131. The quantitative estimate of drug-likeness (QED) is 0.513. The van der Waals surface area contributed by atoms with E-state index in [0.717, 1.165) is 18.3 Å². The minimum atomic E-state index is -0.131. The first-order valence-electron chi connectivity index (χ1n) is 5.82. The molecule has 0 spiro atoms.